The summed E-state index contributed by atoms with van der Waals surface area (Å²) in [6.45, 7) is 9.09. The minimum atomic E-state index is -0.370. The highest BCUT2D eigenvalue weighted by Gasteiger charge is 2.23. The van der Waals surface area contributed by atoms with E-state index < -0.39 is 0 Å². The van der Waals surface area contributed by atoms with Crippen LogP contribution in [0.4, 0.5) is 4.39 Å². The Bertz CT molecular complexity index is 733. The fourth-order valence-corrected chi connectivity index (χ4v) is 2.77. The van der Waals surface area contributed by atoms with Crippen LogP contribution in [0.1, 0.15) is 43.2 Å². The summed E-state index contributed by atoms with van der Waals surface area (Å²) in [4.78, 5) is 19.2. The second kappa shape index (κ2) is 7.26. The number of pyridine rings is 1. The number of nitrogens with zero attached hydrogens (tertiary/aromatic N) is 2. The summed E-state index contributed by atoms with van der Waals surface area (Å²) in [5, 5.41) is 9.77. The number of benzene rings is 1. The average molecular weight is 332 g/mol. The van der Waals surface area contributed by atoms with Crippen LogP contribution in [-0.4, -0.2) is 40.6 Å². The maximum Gasteiger partial charge on any atom is 0.254 e. The number of aryl methyl sites for hydroxylation is 1. The van der Waals surface area contributed by atoms with E-state index in [4.69, 9.17) is 5.11 Å². The van der Waals surface area contributed by atoms with Crippen molar-refractivity contribution < 1.29 is 14.3 Å². The smallest absolute Gasteiger partial charge is 0.254 e. The van der Waals surface area contributed by atoms with Crippen LogP contribution in [0.2, 0.25) is 0 Å². The molecule has 1 aromatic carbocycles. The molecule has 0 aliphatic rings. The molecule has 5 heteroatoms. The molecule has 0 unspecified atom stereocenters. The average Bonchev–Trinajstić information content (AvgIpc) is 2.48. The number of halogens is 1. The largest absolute Gasteiger partial charge is 0.396 e. The maximum atomic E-state index is 13.5. The van der Waals surface area contributed by atoms with Crippen molar-refractivity contribution in [3.63, 3.8) is 0 Å². The molecular weight excluding hydrogens is 307 g/mol. The zero-order valence-corrected chi connectivity index (χ0v) is 14.8. The van der Waals surface area contributed by atoms with Crippen LogP contribution in [-0.2, 0) is 0 Å². The quantitative estimate of drug-likeness (QED) is 0.911. The van der Waals surface area contributed by atoms with Gasteiger partial charge in [-0.25, -0.2) is 4.39 Å². The van der Waals surface area contributed by atoms with Crippen LogP contribution in [0.5, 0.6) is 0 Å². The van der Waals surface area contributed by atoms with E-state index in [1.807, 2.05) is 0 Å². The monoisotopic (exact) mass is 332 g/mol. The number of aliphatic hydroxyl groups is 1. The van der Waals surface area contributed by atoms with Gasteiger partial charge in [-0.05, 0) is 37.0 Å². The minimum Gasteiger partial charge on any atom is -0.396 e. The van der Waals surface area contributed by atoms with Crippen LogP contribution in [0.25, 0.3) is 10.9 Å². The lowest BCUT2D eigenvalue weighted by Gasteiger charge is -2.30. The number of carbonyl (C=O) groups excluding carboxylic acids is 1. The van der Waals surface area contributed by atoms with Crippen LogP contribution < -0.4 is 0 Å². The zero-order chi connectivity index (χ0) is 17.9. The summed E-state index contributed by atoms with van der Waals surface area (Å²) < 4.78 is 13.5. The first-order chi connectivity index (χ1) is 11.2. The number of fused-ring (bicyclic) bond motifs is 1. The predicted octanol–water partition coefficient (Wildman–Crippen LogP) is 3.55. The minimum absolute atomic E-state index is 0.0370. The third-order valence-electron chi connectivity index (χ3n) is 3.67. The van der Waals surface area contributed by atoms with Crippen LogP contribution in [0.3, 0.4) is 0 Å². The summed E-state index contributed by atoms with van der Waals surface area (Å²) in [6.07, 6.45) is 0.526. The van der Waals surface area contributed by atoms with E-state index in [1.165, 1.54) is 12.1 Å². The molecule has 0 atom stereocenters. The molecule has 0 spiro atoms. The standard InChI is InChI=1S/C19H25FN2O2/c1-13-10-16(15-7-6-14(20)11-17(15)21-13)18(24)22(8-5-9-23)12-19(2,3)4/h6-7,10-11,23H,5,8-9,12H2,1-4H3. The third-order valence-corrected chi connectivity index (χ3v) is 3.67. The van der Waals surface area contributed by atoms with Crippen molar-refractivity contribution in [2.45, 2.75) is 34.1 Å². The Morgan fingerprint density at radius 2 is 2.00 bits per heavy atom. The number of aromatic nitrogens is 1. The van der Waals surface area contributed by atoms with E-state index in [1.54, 1.807) is 24.0 Å². The summed E-state index contributed by atoms with van der Waals surface area (Å²) in [7, 11) is 0. The lowest BCUT2D eigenvalue weighted by Crippen LogP contribution is -2.39. The molecule has 24 heavy (non-hydrogen) atoms. The van der Waals surface area contributed by atoms with Gasteiger partial charge in [0, 0.05) is 36.8 Å². The molecule has 0 saturated heterocycles. The number of hydrogen-bond donors (Lipinski definition) is 1. The van der Waals surface area contributed by atoms with Gasteiger partial charge in [0.2, 0.25) is 0 Å². The molecule has 1 aromatic heterocycles. The summed E-state index contributed by atoms with van der Waals surface area (Å²) >= 11 is 0. The number of aliphatic hydroxyl groups excluding tert-OH is 1. The number of amides is 1. The number of carbonyl (C=O) groups is 1. The van der Waals surface area contributed by atoms with Crippen molar-refractivity contribution in [3.05, 3.63) is 41.3 Å². The molecule has 0 bridgehead atoms. The van der Waals surface area contributed by atoms with E-state index in [9.17, 15) is 9.18 Å². The Hall–Kier alpha value is -2.01. The van der Waals surface area contributed by atoms with Crippen molar-refractivity contribution in [2.24, 2.45) is 5.41 Å². The second-order valence-corrected chi connectivity index (χ2v) is 7.34. The van der Waals surface area contributed by atoms with E-state index in [2.05, 4.69) is 25.8 Å². The Morgan fingerprint density at radius 3 is 2.62 bits per heavy atom. The van der Waals surface area contributed by atoms with Crippen LogP contribution in [0.15, 0.2) is 24.3 Å². The van der Waals surface area contributed by atoms with Crippen LogP contribution >= 0.6 is 0 Å². The summed E-state index contributed by atoms with van der Waals surface area (Å²) in [6, 6.07) is 6.04. The van der Waals surface area contributed by atoms with Crippen molar-refractivity contribution in [1.29, 1.82) is 0 Å². The molecule has 0 radical (unpaired) electrons. The molecule has 0 aliphatic heterocycles. The first-order valence-electron chi connectivity index (χ1n) is 8.18. The topological polar surface area (TPSA) is 53.4 Å². The lowest BCUT2D eigenvalue weighted by atomic mass is 9.95. The van der Waals surface area contributed by atoms with E-state index in [0.717, 1.165) is 0 Å². The molecule has 2 aromatic rings. The van der Waals surface area contributed by atoms with Crippen molar-refractivity contribution in [3.8, 4) is 0 Å². The highest BCUT2D eigenvalue weighted by molar-refractivity contribution is 6.06. The Kier molecular flexibility index (Phi) is 5.54. The fourth-order valence-electron chi connectivity index (χ4n) is 2.77. The first-order valence-corrected chi connectivity index (χ1v) is 8.18. The van der Waals surface area contributed by atoms with Gasteiger partial charge in [-0.3, -0.25) is 9.78 Å². The van der Waals surface area contributed by atoms with Crippen molar-refractivity contribution >= 4 is 16.8 Å². The Morgan fingerprint density at radius 1 is 1.29 bits per heavy atom. The van der Waals surface area contributed by atoms with E-state index in [-0.39, 0.29) is 23.7 Å². The van der Waals surface area contributed by atoms with Gasteiger partial charge >= 0.3 is 0 Å². The third kappa shape index (κ3) is 4.51. The molecule has 130 valence electrons. The SMILES string of the molecule is Cc1cc(C(=O)N(CCCO)CC(C)(C)C)c2ccc(F)cc2n1. The highest BCUT2D eigenvalue weighted by atomic mass is 19.1. The normalized spacial score (nSPS) is 11.8. The maximum absolute atomic E-state index is 13.5. The predicted molar refractivity (Wildman–Crippen MR) is 93.5 cm³/mol. The van der Waals surface area contributed by atoms with Gasteiger partial charge in [0.05, 0.1) is 11.1 Å². The molecular formula is C19H25FN2O2. The first kappa shape index (κ1) is 18.3. The summed E-state index contributed by atoms with van der Waals surface area (Å²) in [5.74, 6) is -0.480. The number of hydrogen-bond acceptors (Lipinski definition) is 3. The van der Waals surface area contributed by atoms with Gasteiger partial charge in [0.25, 0.3) is 5.91 Å². The molecule has 0 aliphatic carbocycles. The van der Waals surface area contributed by atoms with Gasteiger partial charge in [-0.2, -0.15) is 0 Å². The molecule has 1 amide bonds. The number of rotatable bonds is 5. The second-order valence-electron chi connectivity index (χ2n) is 7.34. The van der Waals surface area contributed by atoms with Gasteiger partial charge in [0.1, 0.15) is 5.82 Å². The molecule has 1 N–H and O–H groups in total. The van der Waals surface area contributed by atoms with Crippen molar-refractivity contribution in [1.82, 2.24) is 9.88 Å². The van der Waals surface area contributed by atoms with Crippen LogP contribution in [0, 0.1) is 18.2 Å². The molecule has 0 saturated carbocycles. The van der Waals surface area contributed by atoms with E-state index in [0.29, 0.717) is 41.7 Å². The summed E-state index contributed by atoms with van der Waals surface area (Å²) in [5.41, 5.74) is 1.62. The van der Waals surface area contributed by atoms with E-state index >= 15 is 0 Å². The Labute approximate surface area is 142 Å². The Balaban J connectivity index is 2.46. The van der Waals surface area contributed by atoms with Gasteiger partial charge in [-0.1, -0.05) is 20.8 Å². The molecule has 1 heterocycles. The lowest BCUT2D eigenvalue weighted by molar-refractivity contribution is 0.0684. The fraction of sp³-hybridized carbons (Fsp3) is 0.474. The van der Waals surface area contributed by atoms with Gasteiger partial charge < -0.3 is 10.0 Å². The zero-order valence-electron chi connectivity index (χ0n) is 14.8. The van der Waals surface area contributed by atoms with Crippen molar-refractivity contribution in [2.75, 3.05) is 19.7 Å². The molecule has 2 rings (SSSR count). The van der Waals surface area contributed by atoms with Gasteiger partial charge in [-0.15, -0.1) is 0 Å². The highest BCUT2D eigenvalue weighted by Crippen LogP contribution is 2.23. The van der Waals surface area contributed by atoms with Gasteiger partial charge in [0.15, 0.2) is 0 Å². The molecule has 4 nitrogen and oxygen atoms in total. The molecule has 0 fully saturated rings.